The lowest BCUT2D eigenvalue weighted by Gasteiger charge is -2.24. The summed E-state index contributed by atoms with van der Waals surface area (Å²) in [6, 6.07) is 5.83. The molecule has 1 nitrogen and oxygen atoms in total. The quantitative estimate of drug-likeness (QED) is 0.705. The molecule has 0 aliphatic rings. The standard InChI is InChI=1S/C13H20FN/c1-9-6-7-10(12(2,3)4)8-11(9)13(5,14)15/h6-8H,15H2,1-5H3. The van der Waals surface area contributed by atoms with Crippen molar-refractivity contribution in [2.45, 2.75) is 45.8 Å². The largest absolute Gasteiger partial charge is 0.296 e. The topological polar surface area (TPSA) is 26.0 Å². The van der Waals surface area contributed by atoms with Gasteiger partial charge in [0, 0.05) is 5.56 Å². The molecular formula is C13H20FN. The summed E-state index contributed by atoms with van der Waals surface area (Å²) in [5.74, 6) is -1.76. The Labute approximate surface area is 91.5 Å². The van der Waals surface area contributed by atoms with E-state index in [1.54, 1.807) is 0 Å². The summed E-state index contributed by atoms with van der Waals surface area (Å²) in [6.07, 6.45) is 0. The van der Waals surface area contributed by atoms with Crippen molar-refractivity contribution in [3.05, 3.63) is 34.9 Å². The van der Waals surface area contributed by atoms with E-state index in [-0.39, 0.29) is 5.41 Å². The number of hydrogen-bond acceptors (Lipinski definition) is 1. The van der Waals surface area contributed by atoms with Crippen LogP contribution >= 0.6 is 0 Å². The van der Waals surface area contributed by atoms with Crippen LogP contribution in [0.1, 0.15) is 44.4 Å². The molecule has 0 saturated heterocycles. The van der Waals surface area contributed by atoms with Crippen molar-refractivity contribution >= 4 is 0 Å². The van der Waals surface area contributed by atoms with Crippen LogP contribution in [0.3, 0.4) is 0 Å². The third-order valence-corrected chi connectivity index (χ3v) is 2.63. The van der Waals surface area contributed by atoms with Gasteiger partial charge in [-0.25, -0.2) is 4.39 Å². The maximum atomic E-state index is 13.7. The fraction of sp³-hybridized carbons (Fsp3) is 0.538. The first-order valence-electron chi connectivity index (χ1n) is 5.22. The second kappa shape index (κ2) is 3.60. The minimum absolute atomic E-state index is 0.0215. The van der Waals surface area contributed by atoms with Gasteiger partial charge in [-0.2, -0.15) is 0 Å². The molecule has 1 rings (SSSR count). The maximum Gasteiger partial charge on any atom is 0.182 e. The van der Waals surface area contributed by atoms with Crippen LogP contribution in [-0.4, -0.2) is 0 Å². The van der Waals surface area contributed by atoms with Crippen LogP contribution in [0.5, 0.6) is 0 Å². The van der Waals surface area contributed by atoms with Gasteiger partial charge in [-0.1, -0.05) is 39.0 Å². The van der Waals surface area contributed by atoms with Crippen molar-refractivity contribution in [3.8, 4) is 0 Å². The molecule has 0 heterocycles. The number of halogens is 1. The lowest BCUT2D eigenvalue weighted by atomic mass is 9.84. The molecule has 0 aromatic heterocycles. The average Bonchev–Trinajstić information content (AvgIpc) is 2.00. The van der Waals surface area contributed by atoms with Gasteiger partial charge in [-0.3, -0.25) is 5.73 Å². The number of benzene rings is 1. The van der Waals surface area contributed by atoms with E-state index < -0.39 is 5.79 Å². The molecule has 84 valence electrons. The molecule has 0 amide bonds. The molecule has 1 atom stereocenters. The maximum absolute atomic E-state index is 13.7. The van der Waals surface area contributed by atoms with Gasteiger partial charge in [-0.15, -0.1) is 0 Å². The molecule has 0 spiro atoms. The third-order valence-electron chi connectivity index (χ3n) is 2.63. The summed E-state index contributed by atoms with van der Waals surface area (Å²) in [7, 11) is 0. The van der Waals surface area contributed by atoms with E-state index in [9.17, 15) is 4.39 Å². The zero-order chi connectivity index (χ0) is 11.9. The first kappa shape index (κ1) is 12.2. The molecule has 0 aliphatic heterocycles. The van der Waals surface area contributed by atoms with Gasteiger partial charge in [-0.05, 0) is 30.4 Å². The third kappa shape index (κ3) is 2.78. The molecule has 1 unspecified atom stereocenters. The van der Waals surface area contributed by atoms with Gasteiger partial charge >= 0.3 is 0 Å². The molecular weight excluding hydrogens is 189 g/mol. The Bertz CT molecular complexity index is 356. The highest BCUT2D eigenvalue weighted by atomic mass is 19.1. The fourth-order valence-corrected chi connectivity index (χ4v) is 1.62. The van der Waals surface area contributed by atoms with E-state index >= 15 is 0 Å². The molecule has 0 saturated carbocycles. The predicted molar refractivity (Wildman–Crippen MR) is 62.5 cm³/mol. The van der Waals surface area contributed by atoms with Crippen molar-refractivity contribution in [3.63, 3.8) is 0 Å². The molecule has 0 fully saturated rings. The van der Waals surface area contributed by atoms with Crippen molar-refractivity contribution in [1.82, 2.24) is 0 Å². The van der Waals surface area contributed by atoms with Crippen molar-refractivity contribution in [1.29, 1.82) is 0 Å². The second-order valence-corrected chi connectivity index (χ2v) is 5.36. The molecule has 0 bridgehead atoms. The SMILES string of the molecule is Cc1ccc(C(C)(C)C)cc1C(C)(N)F. The normalized spacial score (nSPS) is 16.2. The van der Waals surface area contributed by atoms with Crippen LogP contribution in [0.15, 0.2) is 18.2 Å². The van der Waals surface area contributed by atoms with Gasteiger partial charge in [0.1, 0.15) is 0 Å². The Hall–Kier alpha value is -0.890. The van der Waals surface area contributed by atoms with Gasteiger partial charge in [0.25, 0.3) is 0 Å². The Kier molecular flexibility index (Phi) is 2.92. The highest BCUT2D eigenvalue weighted by Gasteiger charge is 2.24. The van der Waals surface area contributed by atoms with E-state index in [4.69, 9.17) is 5.73 Å². The van der Waals surface area contributed by atoms with E-state index in [0.717, 1.165) is 11.1 Å². The van der Waals surface area contributed by atoms with E-state index in [1.165, 1.54) is 6.92 Å². The van der Waals surface area contributed by atoms with Crippen LogP contribution in [0.25, 0.3) is 0 Å². The lowest BCUT2D eigenvalue weighted by molar-refractivity contribution is 0.202. The fourth-order valence-electron chi connectivity index (χ4n) is 1.62. The monoisotopic (exact) mass is 209 g/mol. The Balaban J connectivity index is 3.30. The van der Waals surface area contributed by atoms with Crippen molar-refractivity contribution in [2.75, 3.05) is 0 Å². The Morgan fingerprint density at radius 3 is 2.07 bits per heavy atom. The number of nitrogens with two attached hydrogens (primary N) is 1. The highest BCUT2D eigenvalue weighted by Crippen LogP contribution is 2.29. The predicted octanol–water partition coefficient (Wildman–Crippen LogP) is 3.39. The summed E-state index contributed by atoms with van der Waals surface area (Å²) in [6.45, 7) is 9.59. The molecule has 2 heteroatoms. The zero-order valence-corrected chi connectivity index (χ0v) is 10.2. The van der Waals surface area contributed by atoms with Crippen LogP contribution in [0.4, 0.5) is 4.39 Å². The first-order chi connectivity index (χ1) is 6.62. The molecule has 15 heavy (non-hydrogen) atoms. The van der Waals surface area contributed by atoms with E-state index in [2.05, 4.69) is 20.8 Å². The van der Waals surface area contributed by atoms with E-state index in [1.807, 2.05) is 25.1 Å². The van der Waals surface area contributed by atoms with Crippen molar-refractivity contribution < 1.29 is 4.39 Å². The highest BCUT2D eigenvalue weighted by molar-refractivity contribution is 5.37. The van der Waals surface area contributed by atoms with Crippen molar-refractivity contribution in [2.24, 2.45) is 5.73 Å². The molecule has 1 aromatic carbocycles. The number of alkyl halides is 1. The molecule has 1 aromatic rings. The van der Waals surface area contributed by atoms with Crippen LogP contribution in [-0.2, 0) is 11.2 Å². The van der Waals surface area contributed by atoms with Gasteiger partial charge in [0.15, 0.2) is 5.79 Å². The van der Waals surface area contributed by atoms with Crippen LogP contribution in [0.2, 0.25) is 0 Å². The lowest BCUT2D eigenvalue weighted by Crippen LogP contribution is -2.28. The zero-order valence-electron chi connectivity index (χ0n) is 10.2. The number of aryl methyl sites for hydroxylation is 1. The van der Waals surface area contributed by atoms with Gasteiger partial charge < -0.3 is 0 Å². The Morgan fingerprint density at radius 1 is 1.13 bits per heavy atom. The summed E-state index contributed by atoms with van der Waals surface area (Å²) in [4.78, 5) is 0. The van der Waals surface area contributed by atoms with E-state index in [0.29, 0.717) is 5.56 Å². The minimum atomic E-state index is -1.76. The van der Waals surface area contributed by atoms with Crippen LogP contribution < -0.4 is 5.73 Å². The number of hydrogen-bond donors (Lipinski definition) is 1. The molecule has 0 radical (unpaired) electrons. The Morgan fingerprint density at radius 2 is 1.67 bits per heavy atom. The summed E-state index contributed by atoms with van der Waals surface area (Å²) in [5.41, 5.74) is 8.11. The first-order valence-corrected chi connectivity index (χ1v) is 5.22. The van der Waals surface area contributed by atoms with Gasteiger partial charge in [0.05, 0.1) is 0 Å². The molecule has 2 N–H and O–H groups in total. The van der Waals surface area contributed by atoms with Gasteiger partial charge in [0.2, 0.25) is 0 Å². The summed E-state index contributed by atoms with van der Waals surface area (Å²) >= 11 is 0. The smallest absolute Gasteiger partial charge is 0.182 e. The minimum Gasteiger partial charge on any atom is -0.296 e. The van der Waals surface area contributed by atoms with Crippen LogP contribution in [0, 0.1) is 6.92 Å². The average molecular weight is 209 g/mol. The summed E-state index contributed by atoms with van der Waals surface area (Å²) < 4.78 is 13.7. The number of rotatable bonds is 1. The second-order valence-electron chi connectivity index (χ2n) is 5.36. The summed E-state index contributed by atoms with van der Waals surface area (Å²) in [5, 5.41) is 0. The molecule has 0 aliphatic carbocycles.